The molecule has 2 N–H and O–H groups in total. The molecule has 0 unspecified atom stereocenters. The Morgan fingerprint density at radius 3 is 2.52 bits per heavy atom. The molecule has 1 aliphatic carbocycles. The first-order valence-corrected chi connectivity index (χ1v) is 8.46. The molecule has 1 aromatic carbocycles. The first-order valence-electron chi connectivity index (χ1n) is 8.46. The van der Waals surface area contributed by atoms with Gasteiger partial charge in [-0.3, -0.25) is 9.59 Å². The van der Waals surface area contributed by atoms with Gasteiger partial charge in [-0.1, -0.05) is 12.8 Å². The molecule has 6 nitrogen and oxygen atoms in total. The van der Waals surface area contributed by atoms with Gasteiger partial charge in [0.25, 0.3) is 0 Å². The van der Waals surface area contributed by atoms with E-state index in [-0.39, 0.29) is 17.8 Å². The number of carboxylic acid groups (broad SMARTS) is 1. The standard InChI is InChI=1S/C18H18F3N3O3/c19-18(20,21)12-4-5-14(24-9-3-8-22-24)13(10-12)23-15(25)11-17(16(26)27)6-1-2-7-17/h3-5,8-10H,1-2,6-7,11H2,(H,23,25)(H,26,27). The fourth-order valence-corrected chi connectivity index (χ4v) is 3.44. The van der Waals surface area contributed by atoms with Crippen LogP contribution in [0.2, 0.25) is 0 Å². The molecule has 2 aromatic rings. The zero-order valence-corrected chi connectivity index (χ0v) is 14.3. The minimum Gasteiger partial charge on any atom is -0.481 e. The Kier molecular flexibility index (Phi) is 4.95. The molecule has 9 heteroatoms. The Hall–Kier alpha value is -2.84. The number of aromatic nitrogens is 2. The van der Waals surface area contributed by atoms with Crippen LogP contribution in [0.3, 0.4) is 0 Å². The van der Waals surface area contributed by atoms with E-state index < -0.39 is 29.0 Å². The molecule has 0 atom stereocenters. The van der Waals surface area contributed by atoms with Crippen molar-refractivity contribution in [3.8, 4) is 5.69 Å². The van der Waals surface area contributed by atoms with E-state index in [1.807, 2.05) is 0 Å². The van der Waals surface area contributed by atoms with Crippen LogP contribution in [-0.2, 0) is 15.8 Å². The summed E-state index contributed by atoms with van der Waals surface area (Å²) in [5.74, 6) is -1.68. The lowest BCUT2D eigenvalue weighted by Gasteiger charge is -2.23. The van der Waals surface area contributed by atoms with Gasteiger partial charge in [-0.05, 0) is 37.1 Å². The van der Waals surface area contributed by atoms with E-state index in [9.17, 15) is 27.9 Å². The number of halogens is 3. The number of hydrogen-bond acceptors (Lipinski definition) is 3. The highest BCUT2D eigenvalue weighted by Crippen LogP contribution is 2.42. The summed E-state index contributed by atoms with van der Waals surface area (Å²) in [4.78, 5) is 24.1. The van der Waals surface area contributed by atoms with Crippen LogP contribution in [0.15, 0.2) is 36.7 Å². The summed E-state index contributed by atoms with van der Waals surface area (Å²) in [6.45, 7) is 0. The van der Waals surface area contributed by atoms with Gasteiger partial charge < -0.3 is 10.4 Å². The number of carbonyl (C=O) groups is 2. The van der Waals surface area contributed by atoms with E-state index in [4.69, 9.17) is 0 Å². The lowest BCUT2D eigenvalue weighted by molar-refractivity contribution is -0.150. The molecule has 1 heterocycles. The van der Waals surface area contributed by atoms with Crippen molar-refractivity contribution in [1.29, 1.82) is 0 Å². The fraction of sp³-hybridized carbons (Fsp3) is 0.389. The number of rotatable bonds is 5. The highest BCUT2D eigenvalue weighted by Gasteiger charge is 2.43. The highest BCUT2D eigenvalue weighted by molar-refractivity contribution is 5.96. The van der Waals surface area contributed by atoms with Crippen LogP contribution >= 0.6 is 0 Å². The minimum absolute atomic E-state index is 0.0722. The maximum absolute atomic E-state index is 13.1. The molecule has 27 heavy (non-hydrogen) atoms. The summed E-state index contributed by atoms with van der Waals surface area (Å²) in [6, 6.07) is 4.55. The Morgan fingerprint density at radius 2 is 1.96 bits per heavy atom. The van der Waals surface area contributed by atoms with Crippen molar-refractivity contribution in [2.45, 2.75) is 38.3 Å². The van der Waals surface area contributed by atoms with Gasteiger partial charge in [0.1, 0.15) is 0 Å². The largest absolute Gasteiger partial charge is 0.481 e. The summed E-state index contributed by atoms with van der Waals surface area (Å²) in [7, 11) is 0. The van der Waals surface area contributed by atoms with Crippen molar-refractivity contribution in [2.75, 3.05) is 5.32 Å². The third kappa shape index (κ3) is 3.96. The first kappa shape index (κ1) is 18.9. The minimum atomic E-state index is -4.57. The van der Waals surface area contributed by atoms with E-state index in [0.717, 1.165) is 12.1 Å². The highest BCUT2D eigenvalue weighted by atomic mass is 19.4. The molecule has 1 amide bonds. The number of nitrogens with one attached hydrogen (secondary N) is 1. The maximum atomic E-state index is 13.1. The Morgan fingerprint density at radius 1 is 1.26 bits per heavy atom. The Labute approximate surface area is 153 Å². The van der Waals surface area contributed by atoms with Gasteiger partial charge in [0.2, 0.25) is 5.91 Å². The number of hydrogen-bond donors (Lipinski definition) is 2. The van der Waals surface area contributed by atoms with Crippen LogP contribution in [-0.4, -0.2) is 26.8 Å². The van der Waals surface area contributed by atoms with Crippen LogP contribution in [0.1, 0.15) is 37.7 Å². The number of nitrogens with zero attached hydrogens (tertiary/aromatic N) is 2. The molecule has 1 fully saturated rings. The molecule has 1 saturated carbocycles. The molecule has 0 bridgehead atoms. The molecular formula is C18H18F3N3O3. The summed E-state index contributed by atoms with van der Waals surface area (Å²) < 4.78 is 40.5. The van der Waals surface area contributed by atoms with Crippen LogP contribution in [0.5, 0.6) is 0 Å². The summed E-state index contributed by atoms with van der Waals surface area (Å²) in [6.07, 6.45) is 0.320. The SMILES string of the molecule is O=C(CC1(C(=O)O)CCCC1)Nc1cc(C(F)(F)F)ccc1-n1cccn1. The lowest BCUT2D eigenvalue weighted by Crippen LogP contribution is -2.33. The third-order valence-electron chi connectivity index (χ3n) is 4.86. The molecule has 1 aromatic heterocycles. The van der Waals surface area contributed by atoms with Crippen LogP contribution in [0.4, 0.5) is 18.9 Å². The maximum Gasteiger partial charge on any atom is 0.416 e. The van der Waals surface area contributed by atoms with E-state index in [0.29, 0.717) is 25.7 Å². The van der Waals surface area contributed by atoms with Crippen LogP contribution < -0.4 is 5.32 Å². The molecule has 3 rings (SSSR count). The van der Waals surface area contributed by atoms with Crippen molar-refractivity contribution in [3.63, 3.8) is 0 Å². The van der Waals surface area contributed by atoms with E-state index in [1.165, 1.54) is 23.1 Å². The number of aliphatic carboxylic acids is 1. The first-order chi connectivity index (χ1) is 12.7. The molecule has 0 aliphatic heterocycles. The second kappa shape index (κ2) is 7.05. The molecule has 0 radical (unpaired) electrons. The molecule has 144 valence electrons. The average molecular weight is 381 g/mol. The van der Waals surface area contributed by atoms with Crippen LogP contribution in [0, 0.1) is 5.41 Å². The lowest BCUT2D eigenvalue weighted by atomic mass is 9.82. The van der Waals surface area contributed by atoms with Crippen molar-refractivity contribution >= 4 is 17.6 Å². The Balaban J connectivity index is 1.90. The number of carboxylic acids is 1. The topological polar surface area (TPSA) is 84.2 Å². The van der Waals surface area contributed by atoms with E-state index in [2.05, 4.69) is 10.4 Å². The number of anilines is 1. The number of amides is 1. The van der Waals surface area contributed by atoms with Gasteiger partial charge in [-0.25, -0.2) is 4.68 Å². The van der Waals surface area contributed by atoms with E-state index >= 15 is 0 Å². The average Bonchev–Trinajstić information content (AvgIpc) is 3.26. The van der Waals surface area contributed by atoms with Gasteiger partial charge in [0.05, 0.1) is 22.4 Å². The predicted molar refractivity (Wildman–Crippen MR) is 90.3 cm³/mol. The van der Waals surface area contributed by atoms with Crippen LogP contribution in [0.25, 0.3) is 5.69 Å². The number of alkyl halides is 3. The second-order valence-electron chi connectivity index (χ2n) is 6.70. The van der Waals surface area contributed by atoms with Gasteiger partial charge >= 0.3 is 12.1 Å². The number of carbonyl (C=O) groups excluding carboxylic acids is 1. The van der Waals surface area contributed by atoms with Gasteiger partial charge in [0.15, 0.2) is 0 Å². The van der Waals surface area contributed by atoms with Gasteiger partial charge in [-0.15, -0.1) is 0 Å². The van der Waals surface area contributed by atoms with Crippen molar-refractivity contribution in [2.24, 2.45) is 5.41 Å². The fourth-order valence-electron chi connectivity index (χ4n) is 3.44. The molecule has 0 saturated heterocycles. The quantitative estimate of drug-likeness (QED) is 0.824. The Bertz CT molecular complexity index is 841. The van der Waals surface area contributed by atoms with Crippen molar-refractivity contribution in [1.82, 2.24) is 9.78 Å². The van der Waals surface area contributed by atoms with Crippen molar-refractivity contribution < 1.29 is 27.9 Å². The monoisotopic (exact) mass is 381 g/mol. The zero-order chi connectivity index (χ0) is 19.7. The predicted octanol–water partition coefficient (Wildman–Crippen LogP) is 3.86. The normalized spacial score (nSPS) is 16.3. The number of benzene rings is 1. The third-order valence-corrected chi connectivity index (χ3v) is 4.86. The summed E-state index contributed by atoms with van der Waals surface area (Å²) in [5.41, 5.74) is -1.88. The van der Waals surface area contributed by atoms with Crippen molar-refractivity contribution in [3.05, 3.63) is 42.2 Å². The van der Waals surface area contributed by atoms with Gasteiger partial charge in [0, 0.05) is 18.8 Å². The summed E-state index contributed by atoms with van der Waals surface area (Å²) >= 11 is 0. The van der Waals surface area contributed by atoms with E-state index in [1.54, 1.807) is 6.07 Å². The van der Waals surface area contributed by atoms with Gasteiger partial charge in [-0.2, -0.15) is 18.3 Å². The zero-order valence-electron chi connectivity index (χ0n) is 14.3. The summed E-state index contributed by atoms with van der Waals surface area (Å²) in [5, 5.41) is 15.9. The second-order valence-corrected chi connectivity index (χ2v) is 6.70. The molecule has 0 spiro atoms. The molecular weight excluding hydrogens is 363 g/mol. The smallest absolute Gasteiger partial charge is 0.416 e. The molecule has 1 aliphatic rings.